The van der Waals surface area contributed by atoms with Crippen LogP contribution in [0.4, 0.5) is 4.39 Å². The van der Waals surface area contributed by atoms with Crippen molar-refractivity contribution in [2.45, 2.75) is 17.7 Å². The van der Waals surface area contributed by atoms with Crippen LogP contribution < -0.4 is 4.74 Å². The molecule has 1 aliphatic heterocycles. The minimum atomic E-state index is -3.63. The topological polar surface area (TPSA) is 59.5 Å². The fraction of sp³-hybridized carbons (Fsp3) is 0.353. The summed E-state index contributed by atoms with van der Waals surface area (Å²) in [5.41, 5.74) is 0. The van der Waals surface area contributed by atoms with Crippen molar-refractivity contribution < 1.29 is 17.5 Å². The average molecular weight is 385 g/mol. The van der Waals surface area contributed by atoms with Gasteiger partial charge < -0.3 is 4.74 Å². The van der Waals surface area contributed by atoms with Gasteiger partial charge in [-0.05, 0) is 49.2 Å². The van der Waals surface area contributed by atoms with E-state index in [9.17, 15) is 12.8 Å². The number of aromatic nitrogens is 1. The van der Waals surface area contributed by atoms with Gasteiger partial charge in [0.15, 0.2) is 0 Å². The van der Waals surface area contributed by atoms with Crippen LogP contribution in [0.25, 0.3) is 0 Å². The first kappa shape index (κ1) is 18.1. The summed E-state index contributed by atoms with van der Waals surface area (Å²) in [5, 5.41) is 0.425. The second kappa shape index (κ2) is 7.68. The number of ether oxygens (including phenoxy) is 1. The van der Waals surface area contributed by atoms with Gasteiger partial charge in [-0.2, -0.15) is 4.31 Å². The van der Waals surface area contributed by atoms with Crippen LogP contribution >= 0.6 is 11.6 Å². The minimum Gasteiger partial charge on any atom is -0.476 e. The Bertz CT molecular complexity index is 830. The third kappa shape index (κ3) is 4.29. The highest BCUT2D eigenvalue weighted by atomic mass is 35.5. The van der Waals surface area contributed by atoms with Gasteiger partial charge in [0.25, 0.3) is 0 Å². The van der Waals surface area contributed by atoms with Crippen molar-refractivity contribution >= 4 is 21.6 Å². The summed E-state index contributed by atoms with van der Waals surface area (Å²) in [4.78, 5) is 4.16. The van der Waals surface area contributed by atoms with E-state index in [0.717, 1.165) is 25.0 Å². The van der Waals surface area contributed by atoms with Gasteiger partial charge in [-0.15, -0.1) is 0 Å². The quantitative estimate of drug-likeness (QED) is 0.793. The van der Waals surface area contributed by atoms with E-state index in [1.54, 1.807) is 18.3 Å². The third-order valence-corrected chi connectivity index (χ3v) is 6.28. The Morgan fingerprint density at radius 3 is 2.76 bits per heavy atom. The third-order valence-electron chi connectivity index (χ3n) is 4.11. The molecule has 0 aliphatic carbocycles. The first-order chi connectivity index (χ1) is 12.0. The van der Waals surface area contributed by atoms with E-state index in [2.05, 4.69) is 4.98 Å². The molecule has 0 radical (unpaired) electrons. The van der Waals surface area contributed by atoms with E-state index in [-0.39, 0.29) is 10.8 Å². The van der Waals surface area contributed by atoms with Crippen LogP contribution in [0.15, 0.2) is 47.5 Å². The zero-order chi connectivity index (χ0) is 17.9. The number of hydrogen-bond acceptors (Lipinski definition) is 4. The lowest BCUT2D eigenvalue weighted by Gasteiger charge is -2.31. The molecule has 1 aromatic heterocycles. The van der Waals surface area contributed by atoms with E-state index in [1.807, 2.05) is 0 Å². The van der Waals surface area contributed by atoms with E-state index in [4.69, 9.17) is 16.3 Å². The van der Waals surface area contributed by atoms with Crippen LogP contribution in [0.2, 0.25) is 5.02 Å². The van der Waals surface area contributed by atoms with Crippen LogP contribution in [0.3, 0.4) is 0 Å². The molecule has 2 heterocycles. The van der Waals surface area contributed by atoms with Crippen molar-refractivity contribution in [1.82, 2.24) is 9.29 Å². The molecular formula is C17H18ClFN2O3S. The van der Waals surface area contributed by atoms with E-state index >= 15 is 0 Å². The van der Waals surface area contributed by atoms with E-state index in [0.29, 0.717) is 30.6 Å². The first-order valence-electron chi connectivity index (χ1n) is 7.96. The summed E-state index contributed by atoms with van der Waals surface area (Å²) in [6.07, 6.45) is 3.19. The standard InChI is InChI=1S/C17H18ClFN2O3S/c18-16-4-1-9-20-17(16)24-12-13-3-2-10-21(11-13)25(22,23)15-7-5-14(19)6-8-15/h1,4-9,13H,2-3,10-12H2. The van der Waals surface area contributed by atoms with Gasteiger partial charge in [0.2, 0.25) is 15.9 Å². The van der Waals surface area contributed by atoms with Gasteiger partial charge in [0, 0.05) is 25.2 Å². The maximum atomic E-state index is 13.0. The van der Waals surface area contributed by atoms with Crippen LogP contribution in [-0.4, -0.2) is 37.4 Å². The normalized spacial score (nSPS) is 18.9. The summed E-state index contributed by atoms with van der Waals surface area (Å²) in [6, 6.07) is 8.29. The minimum absolute atomic E-state index is 0.0436. The number of benzene rings is 1. The molecule has 0 N–H and O–H groups in total. The number of piperidine rings is 1. The molecule has 1 fully saturated rings. The molecule has 1 saturated heterocycles. The van der Waals surface area contributed by atoms with Crippen LogP contribution in [0, 0.1) is 11.7 Å². The number of pyridine rings is 1. The van der Waals surface area contributed by atoms with Crippen molar-refractivity contribution in [2.24, 2.45) is 5.92 Å². The fourth-order valence-corrected chi connectivity index (χ4v) is 4.54. The highest BCUT2D eigenvalue weighted by Crippen LogP contribution is 2.26. The second-order valence-electron chi connectivity index (χ2n) is 5.93. The smallest absolute Gasteiger partial charge is 0.243 e. The lowest BCUT2D eigenvalue weighted by Crippen LogP contribution is -2.41. The number of nitrogens with zero attached hydrogens (tertiary/aromatic N) is 2. The summed E-state index contributed by atoms with van der Waals surface area (Å²) in [5.74, 6) is -0.0687. The zero-order valence-corrected chi connectivity index (χ0v) is 15.0. The zero-order valence-electron chi connectivity index (χ0n) is 13.4. The second-order valence-corrected chi connectivity index (χ2v) is 8.27. The average Bonchev–Trinajstić information content (AvgIpc) is 2.62. The Balaban J connectivity index is 1.66. The Morgan fingerprint density at radius 1 is 1.28 bits per heavy atom. The molecule has 134 valence electrons. The monoisotopic (exact) mass is 384 g/mol. The van der Waals surface area contributed by atoms with Crippen LogP contribution in [0.5, 0.6) is 5.88 Å². The molecule has 1 atom stereocenters. The van der Waals surface area contributed by atoms with Gasteiger partial charge in [0.05, 0.1) is 11.5 Å². The van der Waals surface area contributed by atoms with Crippen molar-refractivity contribution in [3.63, 3.8) is 0 Å². The van der Waals surface area contributed by atoms with Crippen molar-refractivity contribution in [1.29, 1.82) is 0 Å². The molecule has 5 nitrogen and oxygen atoms in total. The SMILES string of the molecule is O=S(=O)(c1ccc(F)cc1)N1CCCC(COc2ncccc2Cl)C1. The first-order valence-corrected chi connectivity index (χ1v) is 9.77. The predicted octanol–water partition coefficient (Wildman–Crippen LogP) is 3.35. The molecule has 3 rings (SSSR count). The van der Waals surface area contributed by atoms with Crippen LogP contribution in [-0.2, 0) is 10.0 Å². The molecule has 0 bridgehead atoms. The molecular weight excluding hydrogens is 367 g/mol. The number of hydrogen-bond donors (Lipinski definition) is 0. The Hall–Kier alpha value is -1.70. The number of sulfonamides is 1. The molecule has 25 heavy (non-hydrogen) atoms. The van der Waals surface area contributed by atoms with Crippen molar-refractivity contribution in [3.05, 3.63) is 53.4 Å². The molecule has 2 aromatic rings. The molecule has 0 spiro atoms. The van der Waals surface area contributed by atoms with Gasteiger partial charge >= 0.3 is 0 Å². The van der Waals surface area contributed by atoms with Crippen molar-refractivity contribution in [2.75, 3.05) is 19.7 Å². The lowest BCUT2D eigenvalue weighted by atomic mass is 10.0. The molecule has 1 aliphatic rings. The predicted molar refractivity (Wildman–Crippen MR) is 92.6 cm³/mol. The fourth-order valence-electron chi connectivity index (χ4n) is 2.81. The Morgan fingerprint density at radius 2 is 2.04 bits per heavy atom. The Labute approximate surface area is 151 Å². The van der Waals surface area contributed by atoms with Gasteiger partial charge in [-0.1, -0.05) is 11.6 Å². The van der Waals surface area contributed by atoms with Gasteiger partial charge in [-0.25, -0.2) is 17.8 Å². The van der Waals surface area contributed by atoms with Crippen molar-refractivity contribution in [3.8, 4) is 5.88 Å². The summed E-state index contributed by atoms with van der Waals surface area (Å²) in [6.45, 7) is 1.14. The summed E-state index contributed by atoms with van der Waals surface area (Å²) in [7, 11) is -3.63. The molecule has 8 heteroatoms. The lowest BCUT2D eigenvalue weighted by molar-refractivity contribution is 0.176. The van der Waals surface area contributed by atoms with E-state index in [1.165, 1.54) is 16.4 Å². The largest absolute Gasteiger partial charge is 0.476 e. The van der Waals surface area contributed by atoms with E-state index < -0.39 is 15.8 Å². The Kier molecular flexibility index (Phi) is 5.56. The number of halogens is 2. The highest BCUT2D eigenvalue weighted by molar-refractivity contribution is 7.89. The highest BCUT2D eigenvalue weighted by Gasteiger charge is 2.30. The molecule has 0 amide bonds. The molecule has 1 aromatic carbocycles. The van der Waals surface area contributed by atoms with Crippen LogP contribution in [0.1, 0.15) is 12.8 Å². The summed E-state index contributed by atoms with van der Waals surface area (Å²) >= 11 is 6.01. The number of rotatable bonds is 5. The van der Waals surface area contributed by atoms with Gasteiger partial charge in [-0.3, -0.25) is 0 Å². The maximum Gasteiger partial charge on any atom is 0.243 e. The molecule has 1 unspecified atom stereocenters. The maximum absolute atomic E-state index is 13.0. The van der Waals surface area contributed by atoms with Gasteiger partial charge in [0.1, 0.15) is 10.8 Å². The molecule has 0 saturated carbocycles. The summed E-state index contributed by atoms with van der Waals surface area (Å²) < 4.78 is 45.5.